The third kappa shape index (κ3) is 1.93. The van der Waals surface area contributed by atoms with E-state index in [-0.39, 0.29) is 11.8 Å². The molecule has 2 aromatic carbocycles. The highest BCUT2D eigenvalue weighted by Gasteiger charge is 2.36. The maximum atomic E-state index is 12.3. The van der Waals surface area contributed by atoms with Crippen LogP contribution in [0.1, 0.15) is 20.7 Å². The monoisotopic (exact) mass is 379 g/mol. The summed E-state index contributed by atoms with van der Waals surface area (Å²) in [6.45, 7) is 0. The van der Waals surface area contributed by atoms with E-state index in [2.05, 4.69) is 31.9 Å². The fourth-order valence-electron chi connectivity index (χ4n) is 2.05. The molecule has 94 valence electrons. The summed E-state index contributed by atoms with van der Waals surface area (Å²) in [5, 5.41) is 0. The molecule has 19 heavy (non-hydrogen) atoms. The molecule has 2 aromatic rings. The van der Waals surface area contributed by atoms with E-state index in [0.717, 1.165) is 8.95 Å². The van der Waals surface area contributed by atoms with Gasteiger partial charge in [0.15, 0.2) is 0 Å². The summed E-state index contributed by atoms with van der Waals surface area (Å²) in [5.74, 6) is -0.565. The van der Waals surface area contributed by atoms with Crippen LogP contribution in [-0.2, 0) is 0 Å². The number of halogens is 2. The van der Waals surface area contributed by atoms with Crippen LogP contribution in [0.3, 0.4) is 0 Å². The minimum atomic E-state index is -0.283. The second kappa shape index (κ2) is 4.58. The Morgan fingerprint density at radius 1 is 0.789 bits per heavy atom. The highest BCUT2D eigenvalue weighted by molar-refractivity contribution is 9.13. The predicted octanol–water partition coefficient (Wildman–Crippen LogP) is 4.01. The number of nitrogens with zero attached hydrogens (tertiary/aromatic N) is 1. The molecule has 1 aliphatic heterocycles. The van der Waals surface area contributed by atoms with Gasteiger partial charge in [-0.2, -0.15) is 0 Å². The van der Waals surface area contributed by atoms with Gasteiger partial charge in [-0.1, -0.05) is 12.1 Å². The van der Waals surface area contributed by atoms with Gasteiger partial charge in [0.25, 0.3) is 11.8 Å². The summed E-state index contributed by atoms with van der Waals surface area (Å²) in [6, 6.07) is 12.1. The molecule has 0 aromatic heterocycles. The van der Waals surface area contributed by atoms with Gasteiger partial charge in [-0.15, -0.1) is 0 Å². The van der Waals surface area contributed by atoms with Crippen LogP contribution in [0.5, 0.6) is 0 Å². The average Bonchev–Trinajstić information content (AvgIpc) is 2.66. The number of imide groups is 1. The third-order valence-electron chi connectivity index (χ3n) is 2.96. The zero-order chi connectivity index (χ0) is 13.6. The van der Waals surface area contributed by atoms with Crippen LogP contribution in [0.2, 0.25) is 0 Å². The van der Waals surface area contributed by atoms with E-state index < -0.39 is 0 Å². The fraction of sp³-hybridized carbons (Fsp3) is 0. The number of hydrogen-bond acceptors (Lipinski definition) is 2. The normalized spacial score (nSPS) is 13.9. The van der Waals surface area contributed by atoms with Crippen LogP contribution >= 0.6 is 31.9 Å². The molecule has 0 saturated carbocycles. The van der Waals surface area contributed by atoms with Gasteiger partial charge in [-0.3, -0.25) is 9.59 Å². The van der Waals surface area contributed by atoms with E-state index in [1.165, 1.54) is 4.90 Å². The Labute approximate surface area is 126 Å². The van der Waals surface area contributed by atoms with Crippen molar-refractivity contribution in [2.24, 2.45) is 0 Å². The second-order valence-electron chi connectivity index (χ2n) is 4.09. The number of benzene rings is 2. The van der Waals surface area contributed by atoms with Crippen LogP contribution in [0, 0.1) is 0 Å². The maximum Gasteiger partial charge on any atom is 0.266 e. The van der Waals surface area contributed by atoms with Crippen LogP contribution in [0.4, 0.5) is 5.69 Å². The van der Waals surface area contributed by atoms with Gasteiger partial charge in [-0.25, -0.2) is 4.90 Å². The Bertz CT molecular complexity index is 677. The second-order valence-corrected chi connectivity index (χ2v) is 5.80. The number of fused-ring (bicyclic) bond motifs is 1. The first-order chi connectivity index (χ1) is 9.09. The minimum absolute atomic E-state index is 0.283. The molecule has 0 bridgehead atoms. The summed E-state index contributed by atoms with van der Waals surface area (Å²) >= 11 is 6.73. The Morgan fingerprint density at radius 2 is 1.37 bits per heavy atom. The molecule has 2 amide bonds. The van der Waals surface area contributed by atoms with E-state index >= 15 is 0 Å². The molecular formula is C14H7Br2NO2. The van der Waals surface area contributed by atoms with Gasteiger partial charge in [0.1, 0.15) is 0 Å². The third-order valence-corrected chi connectivity index (χ3v) is 4.84. The summed E-state index contributed by atoms with van der Waals surface area (Å²) in [7, 11) is 0. The van der Waals surface area contributed by atoms with Gasteiger partial charge in [0.2, 0.25) is 0 Å². The molecule has 0 unspecified atom stereocenters. The molecule has 5 heteroatoms. The van der Waals surface area contributed by atoms with Gasteiger partial charge < -0.3 is 0 Å². The number of anilines is 1. The van der Waals surface area contributed by atoms with Gasteiger partial charge in [-0.05, 0) is 62.2 Å². The molecule has 3 rings (SSSR count). The fourth-order valence-corrected chi connectivity index (χ4v) is 2.66. The van der Waals surface area contributed by atoms with Crippen molar-refractivity contribution in [1.29, 1.82) is 0 Å². The van der Waals surface area contributed by atoms with E-state index in [4.69, 9.17) is 0 Å². The number of rotatable bonds is 1. The molecule has 0 saturated heterocycles. The Morgan fingerprint density at radius 3 is 1.89 bits per heavy atom. The first kappa shape index (κ1) is 12.6. The summed E-state index contributed by atoms with van der Waals surface area (Å²) in [6.07, 6.45) is 0. The molecule has 3 nitrogen and oxygen atoms in total. The number of carbonyl (C=O) groups is 2. The minimum Gasteiger partial charge on any atom is -0.268 e. The van der Waals surface area contributed by atoms with E-state index in [0.29, 0.717) is 16.8 Å². The lowest BCUT2D eigenvalue weighted by molar-refractivity contribution is 0.0926. The molecule has 1 aliphatic rings. The van der Waals surface area contributed by atoms with Crippen molar-refractivity contribution in [2.75, 3.05) is 4.90 Å². The lowest BCUT2D eigenvalue weighted by Gasteiger charge is -2.14. The topological polar surface area (TPSA) is 37.4 Å². The SMILES string of the molecule is O=C1c2ccccc2C(=O)N1c1ccc(Br)c(Br)c1. The Kier molecular flexibility index (Phi) is 3.03. The smallest absolute Gasteiger partial charge is 0.266 e. The zero-order valence-corrected chi connectivity index (χ0v) is 12.7. The summed E-state index contributed by atoms with van der Waals surface area (Å²) in [4.78, 5) is 25.8. The maximum absolute atomic E-state index is 12.3. The standard InChI is InChI=1S/C14H7Br2NO2/c15-11-6-5-8(7-12(11)16)17-13(18)9-3-1-2-4-10(9)14(17)19/h1-7H. The van der Waals surface area contributed by atoms with Crippen LogP contribution < -0.4 is 4.90 Å². The van der Waals surface area contributed by atoms with Crippen molar-refractivity contribution in [2.45, 2.75) is 0 Å². The van der Waals surface area contributed by atoms with E-state index in [1.54, 1.807) is 42.5 Å². The largest absolute Gasteiger partial charge is 0.268 e. The van der Waals surface area contributed by atoms with Gasteiger partial charge >= 0.3 is 0 Å². The highest BCUT2D eigenvalue weighted by atomic mass is 79.9. The summed E-state index contributed by atoms with van der Waals surface area (Å²) in [5.41, 5.74) is 1.46. The van der Waals surface area contributed by atoms with Crippen LogP contribution in [0.15, 0.2) is 51.4 Å². The molecule has 1 heterocycles. The Balaban J connectivity index is 2.11. The van der Waals surface area contributed by atoms with Crippen LogP contribution in [0.25, 0.3) is 0 Å². The van der Waals surface area contributed by atoms with Gasteiger partial charge in [0, 0.05) is 8.95 Å². The molecule has 0 N–H and O–H groups in total. The number of carbonyl (C=O) groups excluding carboxylic acids is 2. The Hall–Kier alpha value is -1.46. The highest BCUT2D eigenvalue weighted by Crippen LogP contribution is 2.32. The first-order valence-electron chi connectivity index (χ1n) is 5.52. The molecule has 0 atom stereocenters. The van der Waals surface area contributed by atoms with Crippen molar-refractivity contribution < 1.29 is 9.59 Å². The molecular weight excluding hydrogens is 374 g/mol. The molecule has 0 fully saturated rings. The lowest BCUT2D eigenvalue weighted by atomic mass is 10.1. The van der Waals surface area contributed by atoms with Crippen molar-refractivity contribution in [3.05, 3.63) is 62.5 Å². The van der Waals surface area contributed by atoms with Crippen molar-refractivity contribution in [3.63, 3.8) is 0 Å². The number of hydrogen-bond donors (Lipinski definition) is 0. The van der Waals surface area contributed by atoms with Crippen molar-refractivity contribution in [1.82, 2.24) is 0 Å². The van der Waals surface area contributed by atoms with Crippen LogP contribution in [-0.4, -0.2) is 11.8 Å². The van der Waals surface area contributed by atoms with Crippen molar-refractivity contribution >= 4 is 49.4 Å². The predicted molar refractivity (Wildman–Crippen MR) is 79.4 cm³/mol. The first-order valence-corrected chi connectivity index (χ1v) is 7.11. The molecule has 0 aliphatic carbocycles. The average molecular weight is 381 g/mol. The summed E-state index contributed by atoms with van der Waals surface area (Å²) < 4.78 is 1.66. The van der Waals surface area contributed by atoms with E-state index in [9.17, 15) is 9.59 Å². The zero-order valence-electron chi connectivity index (χ0n) is 9.56. The van der Waals surface area contributed by atoms with Crippen molar-refractivity contribution in [3.8, 4) is 0 Å². The van der Waals surface area contributed by atoms with E-state index in [1.807, 2.05) is 0 Å². The molecule has 0 radical (unpaired) electrons. The molecule has 0 spiro atoms. The lowest BCUT2D eigenvalue weighted by Crippen LogP contribution is -2.29. The number of amides is 2. The van der Waals surface area contributed by atoms with Gasteiger partial charge in [0.05, 0.1) is 16.8 Å². The quantitative estimate of drug-likeness (QED) is 0.701.